The molecule has 2 aromatic rings. The molecule has 0 saturated carbocycles. The van der Waals surface area contributed by atoms with E-state index in [1.807, 2.05) is 6.07 Å². The first-order valence-electron chi connectivity index (χ1n) is 6.12. The van der Waals surface area contributed by atoms with Gasteiger partial charge in [-0.15, -0.1) is 0 Å². The van der Waals surface area contributed by atoms with E-state index in [-0.39, 0.29) is 28.1 Å². The molecule has 0 spiro atoms. The van der Waals surface area contributed by atoms with E-state index in [1.54, 1.807) is 41.2 Å². The van der Waals surface area contributed by atoms with E-state index in [0.29, 0.717) is 12.1 Å². The van der Waals surface area contributed by atoms with E-state index in [0.717, 1.165) is 5.56 Å². The molecule has 2 rings (SSSR count). The maximum atomic E-state index is 11.3. The summed E-state index contributed by atoms with van der Waals surface area (Å²) in [7, 11) is 0. The maximum Gasteiger partial charge on any atom is 0.254 e. The lowest BCUT2D eigenvalue weighted by molar-refractivity contribution is -0.688. The van der Waals surface area contributed by atoms with E-state index in [2.05, 4.69) is 0 Å². The first kappa shape index (κ1) is 17.3. The quantitative estimate of drug-likeness (QED) is 0.570. The topological polar surface area (TPSA) is 114 Å². The van der Waals surface area contributed by atoms with Gasteiger partial charge < -0.3 is 28.4 Å². The van der Waals surface area contributed by atoms with Crippen LogP contribution in [0.1, 0.15) is 31.8 Å². The lowest BCUT2D eigenvalue weighted by atomic mass is 10.1. The summed E-state index contributed by atoms with van der Waals surface area (Å²) in [6, 6.07) is 10.4. The number of nitriles is 1. The molecule has 1 aromatic carbocycles. The second kappa shape index (κ2) is 7.33. The van der Waals surface area contributed by atoms with Crippen molar-refractivity contribution in [2.45, 2.75) is 6.54 Å². The molecule has 0 saturated heterocycles. The number of carbonyl (C=O) groups is 2. The minimum Gasteiger partial charge on any atom is -1.00 e. The van der Waals surface area contributed by atoms with Crippen molar-refractivity contribution in [1.29, 1.82) is 5.26 Å². The Hall–Kier alpha value is -2.72. The number of aromatic nitrogens is 1. The molecule has 2 amide bonds. The number of nitrogens with two attached hydrogens (primary N) is 2. The van der Waals surface area contributed by atoms with Gasteiger partial charge >= 0.3 is 0 Å². The van der Waals surface area contributed by atoms with Crippen LogP contribution in [0.15, 0.2) is 42.7 Å². The van der Waals surface area contributed by atoms with Gasteiger partial charge in [-0.1, -0.05) is 12.1 Å². The summed E-state index contributed by atoms with van der Waals surface area (Å²) in [6.07, 6.45) is 3.10. The molecule has 0 aliphatic rings. The molecule has 0 aliphatic heterocycles. The van der Waals surface area contributed by atoms with Gasteiger partial charge in [0.15, 0.2) is 18.9 Å². The third-order valence-electron chi connectivity index (χ3n) is 2.94. The molecule has 6 nitrogen and oxygen atoms in total. The van der Waals surface area contributed by atoms with Crippen molar-refractivity contribution in [2.75, 3.05) is 0 Å². The Bertz CT molecular complexity index is 719. The van der Waals surface area contributed by atoms with Crippen LogP contribution in [0.25, 0.3) is 0 Å². The van der Waals surface area contributed by atoms with E-state index >= 15 is 0 Å². The van der Waals surface area contributed by atoms with Crippen LogP contribution in [-0.4, -0.2) is 11.8 Å². The van der Waals surface area contributed by atoms with Crippen LogP contribution in [0.2, 0.25) is 0 Å². The minimum atomic E-state index is -0.633. The number of pyridine rings is 1. The molecular formula is C15H13BrN4O2. The molecule has 1 aromatic heterocycles. The van der Waals surface area contributed by atoms with E-state index in [9.17, 15) is 9.59 Å². The Morgan fingerprint density at radius 2 is 1.55 bits per heavy atom. The molecule has 7 heteroatoms. The van der Waals surface area contributed by atoms with E-state index in [4.69, 9.17) is 16.7 Å². The molecule has 0 fully saturated rings. The number of nitrogens with zero attached hydrogens (tertiary/aromatic N) is 2. The van der Waals surface area contributed by atoms with Crippen LogP contribution in [-0.2, 0) is 6.54 Å². The lowest BCUT2D eigenvalue weighted by Crippen LogP contribution is -3.00. The zero-order valence-corrected chi connectivity index (χ0v) is 13.1. The summed E-state index contributed by atoms with van der Waals surface area (Å²) in [5.74, 6) is -1.27. The first-order chi connectivity index (χ1) is 9.99. The average molecular weight is 361 g/mol. The van der Waals surface area contributed by atoms with Gasteiger partial charge in [0.2, 0.25) is 0 Å². The number of hydrogen-bond acceptors (Lipinski definition) is 3. The Kier molecular flexibility index (Phi) is 5.78. The number of amides is 2. The van der Waals surface area contributed by atoms with Crippen LogP contribution in [0.4, 0.5) is 0 Å². The average Bonchev–Trinajstić information content (AvgIpc) is 2.47. The van der Waals surface area contributed by atoms with Crippen LogP contribution in [0, 0.1) is 11.3 Å². The SMILES string of the molecule is N#Cc1ccc(C[n+]2cc(C(N)=O)cc(C(N)=O)c2)cc1.[Br-]. The van der Waals surface area contributed by atoms with Gasteiger partial charge in [-0.2, -0.15) is 9.83 Å². The summed E-state index contributed by atoms with van der Waals surface area (Å²) in [5.41, 5.74) is 12.4. The number of benzene rings is 1. The Morgan fingerprint density at radius 1 is 1.05 bits per heavy atom. The standard InChI is InChI=1S/C15H12N4O2.BrH/c16-6-10-1-3-11(4-2-10)7-19-8-12(14(17)20)5-13(9-19)15(18)21;/h1-5,8-9H,7H2,(H3-,17,18,20,21);1H. The van der Waals surface area contributed by atoms with Crippen molar-refractivity contribution >= 4 is 11.8 Å². The molecule has 112 valence electrons. The molecule has 4 N–H and O–H groups in total. The molecule has 0 radical (unpaired) electrons. The monoisotopic (exact) mass is 360 g/mol. The largest absolute Gasteiger partial charge is 1.00 e. The Morgan fingerprint density at radius 3 is 1.95 bits per heavy atom. The first-order valence-corrected chi connectivity index (χ1v) is 6.12. The second-order valence-electron chi connectivity index (χ2n) is 4.52. The van der Waals surface area contributed by atoms with E-state index in [1.165, 1.54) is 6.07 Å². The van der Waals surface area contributed by atoms with Gasteiger partial charge in [-0.05, 0) is 18.2 Å². The Labute approximate surface area is 137 Å². The highest BCUT2D eigenvalue weighted by molar-refractivity contribution is 5.97. The van der Waals surface area contributed by atoms with Gasteiger partial charge in [0.1, 0.15) is 11.1 Å². The van der Waals surface area contributed by atoms with Crippen LogP contribution in [0.3, 0.4) is 0 Å². The van der Waals surface area contributed by atoms with Gasteiger partial charge in [0.25, 0.3) is 11.8 Å². The van der Waals surface area contributed by atoms with E-state index < -0.39 is 11.8 Å². The maximum absolute atomic E-state index is 11.3. The van der Waals surface area contributed by atoms with Crippen molar-refractivity contribution < 1.29 is 31.1 Å². The minimum absolute atomic E-state index is 0. The van der Waals surface area contributed by atoms with Crippen molar-refractivity contribution in [3.8, 4) is 6.07 Å². The lowest BCUT2D eigenvalue weighted by Gasteiger charge is -2.02. The number of carbonyl (C=O) groups excluding carboxylic acids is 2. The molecule has 0 unspecified atom stereocenters. The zero-order valence-electron chi connectivity index (χ0n) is 11.5. The summed E-state index contributed by atoms with van der Waals surface area (Å²) in [6.45, 7) is 0.424. The van der Waals surface area contributed by atoms with Crippen LogP contribution in [0.5, 0.6) is 0 Å². The van der Waals surface area contributed by atoms with Crippen LogP contribution < -0.4 is 33.0 Å². The highest BCUT2D eigenvalue weighted by atomic mass is 79.9. The van der Waals surface area contributed by atoms with Crippen molar-refractivity contribution in [1.82, 2.24) is 0 Å². The normalized spacial score (nSPS) is 9.41. The van der Waals surface area contributed by atoms with Gasteiger partial charge in [-0.25, -0.2) is 0 Å². The molecular weight excluding hydrogens is 348 g/mol. The second-order valence-corrected chi connectivity index (χ2v) is 4.52. The molecule has 0 aliphatic carbocycles. The highest BCUT2D eigenvalue weighted by Gasteiger charge is 2.15. The summed E-state index contributed by atoms with van der Waals surface area (Å²) in [5, 5.41) is 8.76. The predicted octanol–water partition coefficient (Wildman–Crippen LogP) is -2.90. The fourth-order valence-corrected chi connectivity index (χ4v) is 1.89. The molecule has 0 atom stereocenters. The van der Waals surface area contributed by atoms with Crippen molar-refractivity contribution in [3.63, 3.8) is 0 Å². The van der Waals surface area contributed by atoms with Gasteiger partial charge in [0, 0.05) is 5.56 Å². The zero-order chi connectivity index (χ0) is 15.4. The number of hydrogen-bond donors (Lipinski definition) is 2. The van der Waals surface area contributed by atoms with Gasteiger partial charge in [-0.3, -0.25) is 9.59 Å². The molecule has 1 heterocycles. The Balaban J connectivity index is 0.00000242. The van der Waals surface area contributed by atoms with Gasteiger partial charge in [0.05, 0.1) is 11.6 Å². The summed E-state index contributed by atoms with van der Waals surface area (Å²) >= 11 is 0. The number of rotatable bonds is 4. The highest BCUT2D eigenvalue weighted by Crippen LogP contribution is 2.05. The smallest absolute Gasteiger partial charge is 0.254 e. The fraction of sp³-hybridized carbons (Fsp3) is 0.0667. The van der Waals surface area contributed by atoms with Crippen molar-refractivity contribution in [3.05, 3.63) is 65.0 Å². The van der Waals surface area contributed by atoms with Crippen molar-refractivity contribution in [2.24, 2.45) is 11.5 Å². The summed E-state index contributed by atoms with van der Waals surface area (Å²) < 4.78 is 1.65. The number of halogens is 1. The fourth-order valence-electron chi connectivity index (χ4n) is 1.89. The third-order valence-corrected chi connectivity index (χ3v) is 2.94. The van der Waals surface area contributed by atoms with Crippen LogP contribution >= 0.6 is 0 Å². The molecule has 0 bridgehead atoms. The third kappa shape index (κ3) is 4.14. The molecule has 22 heavy (non-hydrogen) atoms. The predicted molar refractivity (Wildman–Crippen MR) is 73.9 cm³/mol. The summed E-state index contributed by atoms with van der Waals surface area (Å²) in [4.78, 5) is 22.6. The number of primary amides is 2.